The van der Waals surface area contributed by atoms with E-state index in [2.05, 4.69) is 16.3 Å². The molecule has 40 heavy (non-hydrogen) atoms. The first-order chi connectivity index (χ1) is 19.3. The second-order valence-electron chi connectivity index (χ2n) is 10.0. The lowest BCUT2D eigenvalue weighted by Crippen LogP contribution is -2.30. The summed E-state index contributed by atoms with van der Waals surface area (Å²) in [5, 5.41) is 12.0. The number of hydrogen-bond donors (Lipinski definition) is 2. The van der Waals surface area contributed by atoms with Crippen molar-refractivity contribution in [2.45, 2.75) is 32.4 Å². The van der Waals surface area contributed by atoms with E-state index in [0.29, 0.717) is 39.9 Å². The Hall–Kier alpha value is -4.96. The van der Waals surface area contributed by atoms with Gasteiger partial charge in [0.1, 0.15) is 5.82 Å². The maximum absolute atomic E-state index is 15.3. The molecule has 1 heterocycles. The Labute approximate surface area is 232 Å². The molecule has 0 fully saturated rings. The summed E-state index contributed by atoms with van der Waals surface area (Å²) in [7, 11) is 0. The second kappa shape index (κ2) is 11.4. The van der Waals surface area contributed by atoms with Crippen molar-refractivity contribution in [2.75, 3.05) is 11.4 Å². The summed E-state index contributed by atoms with van der Waals surface area (Å²) >= 11 is 0. The fourth-order valence-corrected chi connectivity index (χ4v) is 5.19. The molecule has 1 atom stereocenters. The number of nitrogens with two attached hydrogens (primary N) is 1. The van der Waals surface area contributed by atoms with Gasteiger partial charge < -0.3 is 16.0 Å². The number of anilines is 1. The summed E-state index contributed by atoms with van der Waals surface area (Å²) in [4.78, 5) is 27.0. The number of benzene rings is 4. The van der Waals surface area contributed by atoms with E-state index in [1.807, 2.05) is 37.3 Å². The van der Waals surface area contributed by atoms with Crippen LogP contribution in [0.1, 0.15) is 62.4 Å². The molecule has 0 spiro atoms. The molecule has 200 valence electrons. The second-order valence-corrected chi connectivity index (χ2v) is 10.0. The Balaban J connectivity index is 1.31. The van der Waals surface area contributed by atoms with Gasteiger partial charge in [0, 0.05) is 35.5 Å². The van der Waals surface area contributed by atoms with E-state index in [4.69, 9.17) is 11.0 Å². The highest BCUT2D eigenvalue weighted by atomic mass is 19.1. The van der Waals surface area contributed by atoms with E-state index >= 15 is 4.39 Å². The number of primary amides is 1. The van der Waals surface area contributed by atoms with Crippen LogP contribution in [0.2, 0.25) is 0 Å². The molecule has 4 aromatic carbocycles. The smallest absolute Gasteiger partial charge is 0.251 e. The van der Waals surface area contributed by atoms with Crippen LogP contribution in [0.5, 0.6) is 0 Å². The van der Waals surface area contributed by atoms with E-state index in [1.54, 1.807) is 48.5 Å². The highest BCUT2D eigenvalue weighted by Gasteiger charge is 2.21. The van der Waals surface area contributed by atoms with Crippen molar-refractivity contribution in [1.29, 1.82) is 5.26 Å². The summed E-state index contributed by atoms with van der Waals surface area (Å²) in [5.74, 6) is -1.08. The van der Waals surface area contributed by atoms with Gasteiger partial charge in [-0.05, 0) is 84.5 Å². The highest BCUT2D eigenvalue weighted by molar-refractivity contribution is 5.99. The number of aryl methyl sites for hydroxylation is 1. The molecule has 1 aliphatic rings. The summed E-state index contributed by atoms with van der Waals surface area (Å²) in [6.07, 6.45) is 1.73. The summed E-state index contributed by atoms with van der Waals surface area (Å²) in [5.41, 5.74) is 11.7. The van der Waals surface area contributed by atoms with Gasteiger partial charge in [-0.25, -0.2) is 4.39 Å². The lowest BCUT2D eigenvalue weighted by atomic mass is 9.96. The van der Waals surface area contributed by atoms with Gasteiger partial charge >= 0.3 is 0 Å². The minimum Gasteiger partial charge on any atom is -0.367 e. The molecule has 7 heteroatoms. The Morgan fingerprint density at radius 2 is 1.82 bits per heavy atom. The number of carbonyl (C=O) groups is 2. The number of carbonyl (C=O) groups excluding carboxylic acids is 2. The van der Waals surface area contributed by atoms with Crippen molar-refractivity contribution in [3.63, 3.8) is 0 Å². The Bertz CT molecular complexity index is 1620. The molecule has 0 radical (unpaired) electrons. The third-order valence-electron chi connectivity index (χ3n) is 7.36. The maximum atomic E-state index is 15.3. The minimum atomic E-state index is -0.554. The molecule has 0 aromatic heterocycles. The molecule has 0 aliphatic carbocycles. The SMILES string of the molecule is CC(NC(=O)c1ccc2c(c1)CCCN2Cc1ccc(-c2ccccc2C(N)=O)cc1F)c1ccc(C#N)cc1. The van der Waals surface area contributed by atoms with E-state index in [9.17, 15) is 9.59 Å². The Morgan fingerprint density at radius 1 is 1.05 bits per heavy atom. The van der Waals surface area contributed by atoms with Crippen LogP contribution < -0.4 is 16.0 Å². The normalized spacial score (nSPS) is 13.2. The van der Waals surface area contributed by atoms with Crippen LogP contribution in [0.25, 0.3) is 11.1 Å². The third-order valence-corrected chi connectivity index (χ3v) is 7.36. The predicted octanol–water partition coefficient (Wildman–Crippen LogP) is 5.91. The van der Waals surface area contributed by atoms with Crippen molar-refractivity contribution < 1.29 is 14.0 Å². The molecule has 3 N–H and O–H groups in total. The zero-order chi connectivity index (χ0) is 28.2. The summed E-state index contributed by atoms with van der Waals surface area (Å²) < 4.78 is 15.3. The Kier molecular flexibility index (Phi) is 7.61. The highest BCUT2D eigenvalue weighted by Crippen LogP contribution is 2.31. The number of halogens is 1. The maximum Gasteiger partial charge on any atom is 0.251 e. The van der Waals surface area contributed by atoms with Gasteiger partial charge in [0.25, 0.3) is 5.91 Å². The number of hydrogen-bond acceptors (Lipinski definition) is 4. The molecule has 0 bridgehead atoms. The van der Waals surface area contributed by atoms with E-state index in [-0.39, 0.29) is 17.8 Å². The lowest BCUT2D eigenvalue weighted by molar-refractivity contribution is 0.0938. The number of rotatable bonds is 7. The fourth-order valence-electron chi connectivity index (χ4n) is 5.19. The molecule has 1 unspecified atom stereocenters. The first-order valence-electron chi connectivity index (χ1n) is 13.2. The third kappa shape index (κ3) is 5.57. The van der Waals surface area contributed by atoms with Crippen LogP contribution in [-0.2, 0) is 13.0 Å². The van der Waals surface area contributed by atoms with Crippen molar-refractivity contribution in [2.24, 2.45) is 5.73 Å². The average molecular weight is 533 g/mol. The number of nitrogens with zero attached hydrogens (tertiary/aromatic N) is 2. The molecule has 0 saturated heterocycles. The number of amides is 2. The van der Waals surface area contributed by atoms with Crippen molar-refractivity contribution in [3.05, 3.63) is 124 Å². The van der Waals surface area contributed by atoms with Crippen molar-refractivity contribution in [1.82, 2.24) is 5.32 Å². The zero-order valence-electron chi connectivity index (χ0n) is 22.2. The largest absolute Gasteiger partial charge is 0.367 e. The summed E-state index contributed by atoms with van der Waals surface area (Å²) in [6, 6.07) is 26.6. The molecular weight excluding hydrogens is 503 g/mol. The van der Waals surface area contributed by atoms with Gasteiger partial charge in [-0.3, -0.25) is 9.59 Å². The van der Waals surface area contributed by atoms with Crippen molar-refractivity contribution >= 4 is 17.5 Å². The van der Waals surface area contributed by atoms with Gasteiger partial charge in [0.2, 0.25) is 5.91 Å². The number of fused-ring (bicyclic) bond motifs is 1. The lowest BCUT2D eigenvalue weighted by Gasteiger charge is -2.32. The van der Waals surface area contributed by atoms with Gasteiger partial charge in [-0.15, -0.1) is 0 Å². The minimum absolute atomic E-state index is 0.172. The quantitative estimate of drug-likeness (QED) is 0.309. The first-order valence-corrected chi connectivity index (χ1v) is 13.2. The van der Waals surface area contributed by atoms with E-state index in [0.717, 1.165) is 36.2 Å². The van der Waals surface area contributed by atoms with Gasteiger partial charge in [-0.1, -0.05) is 42.5 Å². The van der Waals surface area contributed by atoms with Gasteiger partial charge in [-0.2, -0.15) is 5.26 Å². The van der Waals surface area contributed by atoms with Gasteiger partial charge in [0.05, 0.1) is 17.7 Å². The fraction of sp³-hybridized carbons (Fsp3) is 0.182. The van der Waals surface area contributed by atoms with E-state index < -0.39 is 5.91 Å². The molecular formula is C33H29FN4O2. The summed E-state index contributed by atoms with van der Waals surface area (Å²) in [6.45, 7) is 3.07. The number of nitriles is 1. The molecule has 2 amide bonds. The molecule has 0 saturated carbocycles. The Morgan fingerprint density at radius 3 is 2.55 bits per heavy atom. The topological polar surface area (TPSA) is 99.2 Å². The predicted molar refractivity (Wildman–Crippen MR) is 153 cm³/mol. The van der Waals surface area contributed by atoms with Crippen LogP contribution >= 0.6 is 0 Å². The van der Waals surface area contributed by atoms with Crippen LogP contribution in [0.3, 0.4) is 0 Å². The molecule has 1 aliphatic heterocycles. The van der Waals surface area contributed by atoms with Crippen LogP contribution in [-0.4, -0.2) is 18.4 Å². The van der Waals surface area contributed by atoms with Gasteiger partial charge in [0.15, 0.2) is 0 Å². The van der Waals surface area contributed by atoms with Crippen molar-refractivity contribution in [3.8, 4) is 17.2 Å². The molecule has 4 aromatic rings. The monoisotopic (exact) mass is 532 g/mol. The average Bonchev–Trinajstić information content (AvgIpc) is 2.98. The molecule has 6 nitrogen and oxygen atoms in total. The van der Waals surface area contributed by atoms with Crippen LogP contribution in [0.15, 0.2) is 84.9 Å². The van der Waals surface area contributed by atoms with E-state index in [1.165, 1.54) is 6.07 Å². The zero-order valence-corrected chi connectivity index (χ0v) is 22.2. The standard InChI is InChI=1S/C33H29FN4O2/c1-21(23-10-8-22(19-35)9-11-23)37-33(40)26-14-15-31-25(17-26)5-4-16-38(31)20-27-13-12-24(18-30(27)34)28-6-2-3-7-29(28)32(36)39/h2-3,6-15,17-18,21H,4-5,16,20H2,1H3,(H2,36,39)(H,37,40). The van der Waals surface area contributed by atoms with Crippen LogP contribution in [0.4, 0.5) is 10.1 Å². The van der Waals surface area contributed by atoms with Crippen LogP contribution in [0, 0.1) is 17.1 Å². The first kappa shape index (κ1) is 26.6. The number of nitrogens with one attached hydrogen (secondary N) is 1. The molecule has 5 rings (SSSR count).